The van der Waals surface area contributed by atoms with E-state index in [4.69, 9.17) is 11.6 Å². The van der Waals surface area contributed by atoms with Gasteiger partial charge in [0.1, 0.15) is 5.82 Å². The van der Waals surface area contributed by atoms with Crippen molar-refractivity contribution in [3.8, 4) is 10.4 Å². The van der Waals surface area contributed by atoms with Crippen LogP contribution < -0.4 is 10.2 Å². The van der Waals surface area contributed by atoms with Gasteiger partial charge in [-0.1, -0.05) is 35.9 Å². The van der Waals surface area contributed by atoms with Gasteiger partial charge in [-0.05, 0) is 42.5 Å². The molecule has 138 valence electrons. The molecule has 4 rings (SSSR count). The van der Waals surface area contributed by atoms with Crippen molar-refractivity contribution in [1.82, 2.24) is 4.98 Å². The molecule has 6 heteroatoms. The van der Waals surface area contributed by atoms with Crippen molar-refractivity contribution in [3.63, 3.8) is 0 Å². The Hall–Kier alpha value is -2.37. The van der Waals surface area contributed by atoms with Crippen molar-refractivity contribution >= 4 is 40.4 Å². The number of nitrogens with one attached hydrogen (secondary N) is 1. The van der Waals surface area contributed by atoms with Gasteiger partial charge in [0, 0.05) is 41.3 Å². The number of halogens is 1. The molecule has 1 aliphatic rings. The molecule has 0 unspecified atom stereocenters. The SMILES string of the molecule is O=C(Nc1ccccc1-c1cccs1)C1CCN(c2ccc(Cl)cn2)CC1. The van der Waals surface area contributed by atoms with Gasteiger partial charge >= 0.3 is 0 Å². The average molecular weight is 398 g/mol. The first-order valence-electron chi connectivity index (χ1n) is 9.01. The summed E-state index contributed by atoms with van der Waals surface area (Å²) in [5.74, 6) is 1.04. The second kappa shape index (κ2) is 8.11. The maximum Gasteiger partial charge on any atom is 0.227 e. The number of piperidine rings is 1. The van der Waals surface area contributed by atoms with Crippen molar-refractivity contribution in [2.75, 3.05) is 23.3 Å². The minimum atomic E-state index is 0.0185. The summed E-state index contributed by atoms with van der Waals surface area (Å²) in [6.07, 6.45) is 3.30. The third-order valence-electron chi connectivity index (χ3n) is 4.87. The fraction of sp³-hybridized carbons (Fsp3) is 0.238. The molecule has 0 radical (unpaired) electrons. The standard InChI is InChI=1S/C21H20ClN3OS/c22-16-7-8-20(23-14-16)25-11-9-15(10-12-25)21(26)24-18-5-2-1-4-17(18)19-6-3-13-27-19/h1-8,13-15H,9-12H2,(H,24,26). The highest BCUT2D eigenvalue weighted by molar-refractivity contribution is 7.13. The Bertz CT molecular complexity index is 903. The second-order valence-electron chi connectivity index (χ2n) is 6.61. The molecule has 1 fully saturated rings. The van der Waals surface area contributed by atoms with E-state index in [1.54, 1.807) is 17.5 Å². The highest BCUT2D eigenvalue weighted by atomic mass is 35.5. The van der Waals surface area contributed by atoms with Gasteiger partial charge in [-0.2, -0.15) is 0 Å². The van der Waals surface area contributed by atoms with Crippen molar-refractivity contribution < 1.29 is 4.79 Å². The summed E-state index contributed by atoms with van der Waals surface area (Å²) in [5, 5.41) is 5.83. The Morgan fingerprint density at radius 1 is 1.11 bits per heavy atom. The molecular weight excluding hydrogens is 378 g/mol. The van der Waals surface area contributed by atoms with Gasteiger partial charge in [0.05, 0.1) is 5.02 Å². The van der Waals surface area contributed by atoms with E-state index in [1.165, 1.54) is 0 Å². The van der Waals surface area contributed by atoms with Crippen molar-refractivity contribution in [1.29, 1.82) is 0 Å². The van der Waals surface area contributed by atoms with Gasteiger partial charge < -0.3 is 10.2 Å². The fourth-order valence-electron chi connectivity index (χ4n) is 3.40. The zero-order valence-electron chi connectivity index (χ0n) is 14.8. The quantitative estimate of drug-likeness (QED) is 0.648. The van der Waals surface area contributed by atoms with E-state index in [2.05, 4.69) is 32.7 Å². The number of benzene rings is 1. The summed E-state index contributed by atoms with van der Waals surface area (Å²) in [7, 11) is 0. The molecule has 2 aromatic heterocycles. The summed E-state index contributed by atoms with van der Waals surface area (Å²) >= 11 is 7.59. The zero-order chi connectivity index (χ0) is 18.6. The van der Waals surface area contributed by atoms with Crippen molar-refractivity contribution in [3.05, 3.63) is 65.1 Å². The molecule has 1 aromatic carbocycles. The molecule has 0 atom stereocenters. The number of pyridine rings is 1. The summed E-state index contributed by atoms with van der Waals surface area (Å²) in [5.41, 5.74) is 1.95. The number of nitrogens with zero attached hydrogens (tertiary/aromatic N) is 2. The van der Waals surface area contributed by atoms with Gasteiger partial charge in [-0.15, -0.1) is 11.3 Å². The molecule has 0 aliphatic carbocycles. The first-order valence-corrected chi connectivity index (χ1v) is 10.3. The molecule has 1 N–H and O–H groups in total. The summed E-state index contributed by atoms with van der Waals surface area (Å²) in [4.78, 5) is 20.6. The summed E-state index contributed by atoms with van der Waals surface area (Å²) in [6.45, 7) is 1.64. The third kappa shape index (κ3) is 4.15. The van der Waals surface area contributed by atoms with E-state index in [0.29, 0.717) is 5.02 Å². The number of thiophene rings is 1. The van der Waals surface area contributed by atoms with Crippen LogP contribution in [0.3, 0.4) is 0 Å². The molecule has 1 aliphatic heterocycles. The van der Waals surface area contributed by atoms with Crippen LogP contribution in [-0.2, 0) is 4.79 Å². The van der Waals surface area contributed by atoms with Crippen LogP contribution in [0.15, 0.2) is 60.1 Å². The number of para-hydroxylation sites is 1. The Kier molecular flexibility index (Phi) is 5.41. The Morgan fingerprint density at radius 2 is 1.93 bits per heavy atom. The first-order chi connectivity index (χ1) is 13.2. The van der Waals surface area contributed by atoms with E-state index in [0.717, 1.165) is 47.9 Å². The molecular formula is C21H20ClN3OS. The minimum Gasteiger partial charge on any atom is -0.357 e. The van der Waals surface area contributed by atoms with E-state index >= 15 is 0 Å². The number of carbonyl (C=O) groups excluding carboxylic acids is 1. The van der Waals surface area contributed by atoms with Crippen molar-refractivity contribution in [2.45, 2.75) is 12.8 Å². The molecule has 0 saturated carbocycles. The van der Waals surface area contributed by atoms with Crippen LogP contribution in [-0.4, -0.2) is 24.0 Å². The Balaban J connectivity index is 1.40. The monoisotopic (exact) mass is 397 g/mol. The lowest BCUT2D eigenvalue weighted by Gasteiger charge is -2.32. The van der Waals surface area contributed by atoms with E-state index in [1.807, 2.05) is 36.4 Å². The van der Waals surface area contributed by atoms with Crippen molar-refractivity contribution in [2.24, 2.45) is 5.92 Å². The third-order valence-corrected chi connectivity index (χ3v) is 6.00. The van der Waals surface area contributed by atoms with Crippen LogP contribution in [0.25, 0.3) is 10.4 Å². The maximum absolute atomic E-state index is 12.8. The second-order valence-corrected chi connectivity index (χ2v) is 7.99. The number of anilines is 2. The Labute approximate surface area is 167 Å². The van der Waals surface area contributed by atoms with Gasteiger partial charge in [-0.3, -0.25) is 4.79 Å². The summed E-state index contributed by atoms with van der Waals surface area (Å²) in [6, 6.07) is 15.9. The molecule has 1 saturated heterocycles. The van der Waals surface area contributed by atoms with Crippen LogP contribution >= 0.6 is 22.9 Å². The zero-order valence-corrected chi connectivity index (χ0v) is 16.3. The predicted octanol–water partition coefficient (Wildman–Crippen LogP) is 5.32. The Morgan fingerprint density at radius 3 is 2.63 bits per heavy atom. The number of hydrogen-bond donors (Lipinski definition) is 1. The van der Waals surface area contributed by atoms with Gasteiger partial charge in [0.15, 0.2) is 0 Å². The molecule has 0 spiro atoms. The normalized spacial score (nSPS) is 14.9. The van der Waals surface area contributed by atoms with Gasteiger partial charge in [0.2, 0.25) is 5.91 Å². The number of aromatic nitrogens is 1. The minimum absolute atomic E-state index is 0.0185. The average Bonchev–Trinajstić information content (AvgIpc) is 3.24. The lowest BCUT2D eigenvalue weighted by atomic mass is 9.95. The maximum atomic E-state index is 12.8. The molecule has 3 heterocycles. The van der Waals surface area contributed by atoms with E-state index < -0.39 is 0 Å². The van der Waals surface area contributed by atoms with E-state index in [9.17, 15) is 4.79 Å². The van der Waals surface area contributed by atoms with Crippen LogP contribution in [0.1, 0.15) is 12.8 Å². The van der Waals surface area contributed by atoms with Gasteiger partial charge in [0.25, 0.3) is 0 Å². The van der Waals surface area contributed by atoms with E-state index in [-0.39, 0.29) is 11.8 Å². The topological polar surface area (TPSA) is 45.2 Å². The lowest BCUT2D eigenvalue weighted by molar-refractivity contribution is -0.120. The predicted molar refractivity (Wildman–Crippen MR) is 113 cm³/mol. The number of carbonyl (C=O) groups is 1. The van der Waals surface area contributed by atoms with Gasteiger partial charge in [-0.25, -0.2) is 4.98 Å². The lowest BCUT2D eigenvalue weighted by Crippen LogP contribution is -2.38. The molecule has 3 aromatic rings. The molecule has 27 heavy (non-hydrogen) atoms. The van der Waals surface area contributed by atoms with Crippen LogP contribution in [0.2, 0.25) is 5.02 Å². The molecule has 0 bridgehead atoms. The van der Waals surface area contributed by atoms with Crippen LogP contribution in [0.5, 0.6) is 0 Å². The van der Waals surface area contributed by atoms with Crippen LogP contribution in [0.4, 0.5) is 11.5 Å². The number of amides is 1. The van der Waals surface area contributed by atoms with Crippen LogP contribution in [0, 0.1) is 5.92 Å². The number of hydrogen-bond acceptors (Lipinski definition) is 4. The number of rotatable bonds is 4. The largest absolute Gasteiger partial charge is 0.357 e. The molecule has 4 nitrogen and oxygen atoms in total. The first kappa shape index (κ1) is 18.0. The smallest absolute Gasteiger partial charge is 0.227 e. The molecule has 1 amide bonds. The summed E-state index contributed by atoms with van der Waals surface area (Å²) < 4.78 is 0. The highest BCUT2D eigenvalue weighted by Gasteiger charge is 2.26. The fourth-order valence-corrected chi connectivity index (χ4v) is 4.28. The highest BCUT2D eigenvalue weighted by Crippen LogP contribution is 2.32.